The SMILES string of the molecule is COc1cccc(CCN2C[C@@]34CN(C(=O)c5cc(C)on5)C[C@@H](C[C@@H]3S2(=O)=O)O4)c1. The third-order valence-corrected chi connectivity index (χ3v) is 8.80. The van der Waals surface area contributed by atoms with Crippen molar-refractivity contribution in [3.63, 3.8) is 0 Å². The molecule has 3 fully saturated rings. The summed E-state index contributed by atoms with van der Waals surface area (Å²) >= 11 is 0. The summed E-state index contributed by atoms with van der Waals surface area (Å²) < 4.78 is 44.6. The van der Waals surface area contributed by atoms with Crippen LogP contribution in [-0.2, 0) is 21.2 Å². The van der Waals surface area contributed by atoms with Crippen LogP contribution in [0.15, 0.2) is 34.9 Å². The summed E-state index contributed by atoms with van der Waals surface area (Å²) in [7, 11) is -1.91. The zero-order valence-electron chi connectivity index (χ0n) is 17.5. The van der Waals surface area contributed by atoms with Crippen molar-refractivity contribution >= 4 is 15.9 Å². The van der Waals surface area contributed by atoms with Crippen molar-refractivity contribution in [3.05, 3.63) is 47.3 Å². The maximum Gasteiger partial charge on any atom is 0.276 e. The van der Waals surface area contributed by atoms with Gasteiger partial charge in [-0.2, -0.15) is 4.31 Å². The molecule has 2 aromatic rings. The maximum absolute atomic E-state index is 13.3. The van der Waals surface area contributed by atoms with E-state index < -0.39 is 20.9 Å². The highest BCUT2D eigenvalue weighted by molar-refractivity contribution is 7.90. The van der Waals surface area contributed by atoms with Gasteiger partial charge in [-0.25, -0.2) is 8.42 Å². The van der Waals surface area contributed by atoms with Gasteiger partial charge in [0.25, 0.3) is 5.91 Å². The van der Waals surface area contributed by atoms with E-state index >= 15 is 0 Å². The Labute approximate surface area is 180 Å². The van der Waals surface area contributed by atoms with Gasteiger partial charge in [0.1, 0.15) is 22.4 Å². The number of fused-ring (bicyclic) bond motifs is 1. The Hall–Kier alpha value is -2.43. The molecule has 1 spiro atoms. The molecular formula is C21H25N3O6S. The van der Waals surface area contributed by atoms with Crippen molar-refractivity contribution in [2.75, 3.05) is 33.3 Å². The average Bonchev–Trinajstić information content (AvgIpc) is 3.36. The zero-order chi connectivity index (χ0) is 21.8. The summed E-state index contributed by atoms with van der Waals surface area (Å²) in [6, 6.07) is 9.22. The third-order valence-electron chi connectivity index (χ3n) is 6.43. The molecule has 3 aliphatic rings. The summed E-state index contributed by atoms with van der Waals surface area (Å²) in [4.78, 5) is 14.6. The number of amides is 1. The highest BCUT2D eigenvalue weighted by atomic mass is 32.2. The second-order valence-electron chi connectivity index (χ2n) is 8.52. The van der Waals surface area contributed by atoms with E-state index in [9.17, 15) is 13.2 Å². The van der Waals surface area contributed by atoms with Gasteiger partial charge in [0, 0.05) is 25.7 Å². The lowest BCUT2D eigenvalue weighted by Gasteiger charge is -2.39. The Balaban J connectivity index is 1.34. The number of sulfonamides is 1. The molecule has 3 saturated heterocycles. The molecule has 1 aromatic heterocycles. The van der Waals surface area contributed by atoms with E-state index in [-0.39, 0.29) is 30.8 Å². The molecule has 10 heteroatoms. The number of benzene rings is 1. The first-order valence-corrected chi connectivity index (χ1v) is 11.8. The summed E-state index contributed by atoms with van der Waals surface area (Å²) in [6.45, 7) is 2.93. The van der Waals surface area contributed by atoms with Gasteiger partial charge >= 0.3 is 0 Å². The van der Waals surface area contributed by atoms with Gasteiger partial charge in [0.05, 0.1) is 19.8 Å². The Morgan fingerprint density at radius 1 is 1.32 bits per heavy atom. The van der Waals surface area contributed by atoms with Crippen LogP contribution in [0.25, 0.3) is 0 Å². The molecule has 3 atom stereocenters. The van der Waals surface area contributed by atoms with E-state index in [0.717, 1.165) is 11.3 Å². The van der Waals surface area contributed by atoms with Crippen molar-refractivity contribution in [3.8, 4) is 5.75 Å². The molecule has 0 aliphatic carbocycles. The number of likely N-dealkylation sites (tertiary alicyclic amines) is 1. The van der Waals surface area contributed by atoms with Crippen LogP contribution >= 0.6 is 0 Å². The molecule has 0 unspecified atom stereocenters. The minimum Gasteiger partial charge on any atom is -0.497 e. The second kappa shape index (κ2) is 7.32. The maximum atomic E-state index is 13.3. The van der Waals surface area contributed by atoms with Crippen molar-refractivity contribution in [2.45, 2.75) is 36.7 Å². The van der Waals surface area contributed by atoms with E-state index in [1.165, 1.54) is 4.31 Å². The topological polar surface area (TPSA) is 102 Å². The number of methoxy groups -OCH3 is 1. The monoisotopic (exact) mass is 447 g/mol. The van der Waals surface area contributed by atoms with E-state index in [4.69, 9.17) is 14.0 Å². The predicted molar refractivity (Wildman–Crippen MR) is 110 cm³/mol. The highest BCUT2D eigenvalue weighted by Gasteiger charge is 2.65. The first-order valence-electron chi connectivity index (χ1n) is 10.3. The number of rotatable bonds is 5. The van der Waals surface area contributed by atoms with Crippen LogP contribution < -0.4 is 4.74 Å². The molecule has 1 aromatic carbocycles. The van der Waals surface area contributed by atoms with Crippen LogP contribution in [0.2, 0.25) is 0 Å². The number of nitrogens with zero attached hydrogens (tertiary/aromatic N) is 3. The van der Waals surface area contributed by atoms with E-state index in [1.807, 2.05) is 24.3 Å². The van der Waals surface area contributed by atoms with Crippen LogP contribution in [0.4, 0.5) is 0 Å². The molecule has 31 heavy (non-hydrogen) atoms. The van der Waals surface area contributed by atoms with Gasteiger partial charge in [-0.05, 0) is 37.5 Å². The van der Waals surface area contributed by atoms with Crippen molar-refractivity contribution in [1.82, 2.24) is 14.4 Å². The molecule has 0 radical (unpaired) electrons. The molecule has 0 N–H and O–H groups in total. The first kappa shape index (κ1) is 20.5. The predicted octanol–water partition coefficient (Wildman–Crippen LogP) is 1.23. The fourth-order valence-electron chi connectivity index (χ4n) is 5.02. The number of aryl methyl sites for hydroxylation is 1. The molecule has 5 rings (SSSR count). The summed E-state index contributed by atoms with van der Waals surface area (Å²) in [5, 5.41) is 3.19. The van der Waals surface area contributed by atoms with E-state index in [2.05, 4.69) is 5.16 Å². The molecule has 1 amide bonds. The third kappa shape index (κ3) is 3.42. The Kier molecular flexibility index (Phi) is 4.83. The van der Waals surface area contributed by atoms with Crippen LogP contribution in [0, 0.1) is 6.92 Å². The largest absolute Gasteiger partial charge is 0.497 e. The fraction of sp³-hybridized carbons (Fsp3) is 0.524. The summed E-state index contributed by atoms with van der Waals surface area (Å²) in [6.07, 6.45) is 0.689. The number of hydrogen-bond donors (Lipinski definition) is 0. The lowest BCUT2D eigenvalue weighted by molar-refractivity contribution is -0.0977. The smallest absolute Gasteiger partial charge is 0.276 e. The molecular weight excluding hydrogens is 422 g/mol. The Morgan fingerprint density at radius 2 is 2.16 bits per heavy atom. The lowest BCUT2D eigenvalue weighted by atomic mass is 9.99. The van der Waals surface area contributed by atoms with Crippen molar-refractivity contribution in [1.29, 1.82) is 0 Å². The minimum atomic E-state index is -3.52. The van der Waals surface area contributed by atoms with Gasteiger partial charge in [0.15, 0.2) is 5.69 Å². The quantitative estimate of drug-likeness (QED) is 0.679. The first-order chi connectivity index (χ1) is 14.8. The van der Waals surface area contributed by atoms with Gasteiger partial charge in [-0.1, -0.05) is 17.3 Å². The molecule has 2 bridgehead atoms. The number of aromatic nitrogens is 1. The number of morpholine rings is 1. The van der Waals surface area contributed by atoms with Gasteiger partial charge in [-0.15, -0.1) is 0 Å². The number of ether oxygens (including phenoxy) is 2. The second-order valence-corrected chi connectivity index (χ2v) is 10.6. The normalized spacial score (nSPS) is 29.2. The Bertz CT molecular complexity index is 1120. The Morgan fingerprint density at radius 3 is 2.90 bits per heavy atom. The fourth-order valence-corrected chi connectivity index (χ4v) is 7.33. The summed E-state index contributed by atoms with van der Waals surface area (Å²) in [5.74, 6) is 1.05. The molecule has 0 saturated carbocycles. The molecule has 4 heterocycles. The standard InChI is InChI=1S/C21H25N3O6S/c1-14-8-18(22-30-14)20(25)23-11-17-10-19-21(12-23,29-17)13-24(31(19,26)27)7-6-15-4-3-5-16(9-15)28-2/h3-5,8-9,17,19H,6-7,10-13H2,1-2H3/t17-,19+,21+/m1/s1. The summed E-state index contributed by atoms with van der Waals surface area (Å²) in [5.41, 5.74) is 0.345. The van der Waals surface area contributed by atoms with E-state index in [1.54, 1.807) is 25.0 Å². The molecule has 3 aliphatic heterocycles. The van der Waals surface area contributed by atoms with Crippen LogP contribution in [0.3, 0.4) is 0 Å². The van der Waals surface area contributed by atoms with E-state index in [0.29, 0.717) is 31.7 Å². The van der Waals surface area contributed by atoms with Crippen LogP contribution in [0.1, 0.15) is 28.2 Å². The van der Waals surface area contributed by atoms with Crippen molar-refractivity contribution in [2.24, 2.45) is 0 Å². The lowest BCUT2D eigenvalue weighted by Crippen LogP contribution is -2.56. The molecule has 9 nitrogen and oxygen atoms in total. The van der Waals surface area contributed by atoms with Crippen LogP contribution in [-0.4, -0.2) is 78.9 Å². The zero-order valence-corrected chi connectivity index (χ0v) is 18.3. The highest BCUT2D eigenvalue weighted by Crippen LogP contribution is 2.46. The number of carbonyl (C=O) groups excluding carboxylic acids is 1. The van der Waals surface area contributed by atoms with Crippen molar-refractivity contribution < 1.29 is 27.2 Å². The number of carbonyl (C=O) groups is 1. The van der Waals surface area contributed by atoms with Gasteiger partial charge < -0.3 is 18.9 Å². The average molecular weight is 448 g/mol. The minimum absolute atomic E-state index is 0.230. The molecule has 166 valence electrons. The van der Waals surface area contributed by atoms with Gasteiger partial charge in [0.2, 0.25) is 10.0 Å². The number of hydrogen-bond acceptors (Lipinski definition) is 7. The van der Waals surface area contributed by atoms with Gasteiger partial charge in [-0.3, -0.25) is 4.79 Å². The van der Waals surface area contributed by atoms with Crippen LogP contribution in [0.5, 0.6) is 5.75 Å².